The number of carbonyl (C=O) groups excluding carboxylic acids is 1. The Morgan fingerprint density at radius 2 is 2.13 bits per heavy atom. The molecular formula is C16H22N4O3. The van der Waals surface area contributed by atoms with Crippen LogP contribution in [0.5, 0.6) is 5.88 Å². The van der Waals surface area contributed by atoms with E-state index in [4.69, 9.17) is 9.47 Å². The maximum Gasteiger partial charge on any atom is 0.228 e. The molecule has 0 spiro atoms. The molecule has 0 bridgehead atoms. The van der Waals surface area contributed by atoms with Crippen LogP contribution in [0.25, 0.3) is 0 Å². The Bertz CT molecular complexity index is 590. The summed E-state index contributed by atoms with van der Waals surface area (Å²) in [6.07, 6.45) is 4.39. The van der Waals surface area contributed by atoms with E-state index in [1.807, 2.05) is 6.07 Å². The van der Waals surface area contributed by atoms with Gasteiger partial charge in [-0.15, -0.1) is 0 Å². The molecule has 3 fully saturated rings. The second-order valence-corrected chi connectivity index (χ2v) is 6.42. The Labute approximate surface area is 135 Å². The highest BCUT2D eigenvalue weighted by molar-refractivity contribution is 5.80. The molecule has 3 aliphatic rings. The molecule has 7 heteroatoms. The van der Waals surface area contributed by atoms with Gasteiger partial charge in [-0.1, -0.05) is 0 Å². The van der Waals surface area contributed by atoms with Gasteiger partial charge in [0.25, 0.3) is 0 Å². The van der Waals surface area contributed by atoms with Gasteiger partial charge in [-0.05, 0) is 19.3 Å². The third-order valence-electron chi connectivity index (χ3n) is 5.27. The van der Waals surface area contributed by atoms with Crippen molar-refractivity contribution < 1.29 is 14.3 Å². The third kappa shape index (κ3) is 2.52. The number of anilines is 1. The predicted molar refractivity (Wildman–Crippen MR) is 83.4 cm³/mol. The van der Waals surface area contributed by atoms with Gasteiger partial charge in [-0.25, -0.2) is 9.97 Å². The van der Waals surface area contributed by atoms with Crippen LogP contribution >= 0.6 is 0 Å². The maximum atomic E-state index is 12.7. The second kappa shape index (κ2) is 5.96. The molecule has 1 aromatic heterocycles. The number of hydrogen-bond acceptors (Lipinski definition) is 6. The van der Waals surface area contributed by atoms with E-state index < -0.39 is 0 Å². The topological polar surface area (TPSA) is 67.8 Å². The summed E-state index contributed by atoms with van der Waals surface area (Å²) < 4.78 is 10.6. The van der Waals surface area contributed by atoms with E-state index in [9.17, 15) is 4.79 Å². The zero-order chi connectivity index (χ0) is 15.8. The molecule has 4 heterocycles. The monoisotopic (exact) mass is 318 g/mol. The fourth-order valence-corrected chi connectivity index (χ4v) is 4.11. The van der Waals surface area contributed by atoms with Crippen molar-refractivity contribution >= 4 is 11.7 Å². The second-order valence-electron chi connectivity index (χ2n) is 6.42. The third-order valence-corrected chi connectivity index (χ3v) is 5.27. The first kappa shape index (κ1) is 14.7. The molecule has 3 saturated heterocycles. The van der Waals surface area contributed by atoms with E-state index in [0.29, 0.717) is 31.2 Å². The van der Waals surface area contributed by atoms with Gasteiger partial charge in [0.1, 0.15) is 12.1 Å². The number of aromatic nitrogens is 2. The largest absolute Gasteiger partial charge is 0.481 e. The lowest BCUT2D eigenvalue weighted by Gasteiger charge is -2.27. The minimum atomic E-state index is 0.0574. The molecule has 0 N–H and O–H groups in total. The zero-order valence-corrected chi connectivity index (χ0v) is 13.4. The van der Waals surface area contributed by atoms with Crippen LogP contribution in [-0.4, -0.2) is 66.3 Å². The number of hydrogen-bond donors (Lipinski definition) is 0. The summed E-state index contributed by atoms with van der Waals surface area (Å²) in [6, 6.07) is 2.52. The number of nitrogens with zero attached hydrogens (tertiary/aromatic N) is 4. The lowest BCUT2D eigenvalue weighted by Crippen LogP contribution is -2.42. The first-order chi connectivity index (χ1) is 11.3. The van der Waals surface area contributed by atoms with Crippen LogP contribution < -0.4 is 9.64 Å². The highest BCUT2D eigenvalue weighted by atomic mass is 16.5. The van der Waals surface area contributed by atoms with Gasteiger partial charge in [0.2, 0.25) is 11.8 Å². The molecule has 23 heavy (non-hydrogen) atoms. The van der Waals surface area contributed by atoms with E-state index in [-0.39, 0.29) is 11.8 Å². The van der Waals surface area contributed by atoms with Gasteiger partial charge in [0, 0.05) is 25.8 Å². The molecule has 1 unspecified atom stereocenters. The van der Waals surface area contributed by atoms with Gasteiger partial charge in [0.05, 0.1) is 31.7 Å². The van der Waals surface area contributed by atoms with Crippen molar-refractivity contribution in [2.45, 2.75) is 31.3 Å². The molecule has 0 saturated carbocycles. The van der Waals surface area contributed by atoms with Crippen LogP contribution in [0.3, 0.4) is 0 Å². The zero-order valence-electron chi connectivity index (χ0n) is 13.4. The van der Waals surface area contributed by atoms with Gasteiger partial charge in [0.15, 0.2) is 0 Å². The SMILES string of the molecule is COc1cc(N2CC[C@@H]3[C@@H]2CCN3C(=O)C2CCOC2)ncn1. The summed E-state index contributed by atoms with van der Waals surface area (Å²) in [5.74, 6) is 1.80. The van der Waals surface area contributed by atoms with Crippen molar-refractivity contribution in [1.29, 1.82) is 0 Å². The normalized spacial score (nSPS) is 29.9. The molecular weight excluding hydrogens is 296 g/mol. The van der Waals surface area contributed by atoms with Crippen LogP contribution in [-0.2, 0) is 9.53 Å². The summed E-state index contributed by atoms with van der Waals surface area (Å²) >= 11 is 0. The minimum Gasteiger partial charge on any atom is -0.481 e. The first-order valence-electron chi connectivity index (χ1n) is 8.29. The average molecular weight is 318 g/mol. The van der Waals surface area contributed by atoms with Crippen LogP contribution in [0.2, 0.25) is 0 Å². The number of amides is 1. The number of carbonyl (C=O) groups is 1. The van der Waals surface area contributed by atoms with Crippen molar-refractivity contribution in [1.82, 2.24) is 14.9 Å². The highest BCUT2D eigenvalue weighted by Gasteiger charge is 2.46. The van der Waals surface area contributed by atoms with Gasteiger partial charge in [-0.2, -0.15) is 0 Å². The van der Waals surface area contributed by atoms with Gasteiger partial charge in [-0.3, -0.25) is 4.79 Å². The molecule has 3 atom stereocenters. The minimum absolute atomic E-state index is 0.0574. The Balaban J connectivity index is 1.50. The van der Waals surface area contributed by atoms with E-state index in [1.54, 1.807) is 7.11 Å². The first-order valence-corrected chi connectivity index (χ1v) is 8.29. The summed E-state index contributed by atoms with van der Waals surface area (Å²) in [6.45, 7) is 3.05. The number of fused-ring (bicyclic) bond motifs is 1. The summed E-state index contributed by atoms with van der Waals surface area (Å²) in [4.78, 5) is 25.6. The molecule has 7 nitrogen and oxygen atoms in total. The quantitative estimate of drug-likeness (QED) is 0.817. The lowest BCUT2D eigenvalue weighted by atomic mass is 10.1. The van der Waals surface area contributed by atoms with Gasteiger partial charge < -0.3 is 19.3 Å². The van der Waals surface area contributed by atoms with Crippen molar-refractivity contribution in [3.63, 3.8) is 0 Å². The lowest BCUT2D eigenvalue weighted by molar-refractivity contribution is -0.136. The number of ether oxygens (including phenoxy) is 2. The smallest absolute Gasteiger partial charge is 0.228 e. The Hall–Kier alpha value is -1.89. The van der Waals surface area contributed by atoms with E-state index in [1.165, 1.54) is 6.33 Å². The molecule has 4 rings (SSSR count). The number of likely N-dealkylation sites (tertiary alicyclic amines) is 1. The number of methoxy groups -OCH3 is 1. The molecule has 0 aromatic carbocycles. The van der Waals surface area contributed by atoms with Crippen molar-refractivity contribution in [2.24, 2.45) is 5.92 Å². The van der Waals surface area contributed by atoms with Crippen molar-refractivity contribution in [2.75, 3.05) is 38.3 Å². The van der Waals surface area contributed by atoms with Crippen LogP contribution in [0.15, 0.2) is 12.4 Å². The van der Waals surface area contributed by atoms with Crippen molar-refractivity contribution in [3.05, 3.63) is 12.4 Å². The van der Waals surface area contributed by atoms with Crippen LogP contribution in [0, 0.1) is 5.92 Å². The summed E-state index contributed by atoms with van der Waals surface area (Å²) in [7, 11) is 1.61. The van der Waals surface area contributed by atoms with Crippen LogP contribution in [0.1, 0.15) is 19.3 Å². The van der Waals surface area contributed by atoms with E-state index in [2.05, 4.69) is 19.8 Å². The predicted octanol–water partition coefficient (Wildman–Crippen LogP) is 0.701. The summed E-state index contributed by atoms with van der Waals surface area (Å²) in [5.41, 5.74) is 0. The van der Waals surface area contributed by atoms with E-state index >= 15 is 0 Å². The van der Waals surface area contributed by atoms with Gasteiger partial charge >= 0.3 is 0 Å². The molecule has 3 aliphatic heterocycles. The van der Waals surface area contributed by atoms with Crippen molar-refractivity contribution in [3.8, 4) is 5.88 Å². The standard InChI is InChI=1S/C16H22N4O3/c1-22-15-8-14(17-10-18-15)19-5-2-13-12(19)3-6-20(13)16(21)11-4-7-23-9-11/h8,10-13H,2-7,9H2,1H3/t11?,12-,13+/m0/s1. The van der Waals surface area contributed by atoms with Crippen LogP contribution in [0.4, 0.5) is 5.82 Å². The average Bonchev–Trinajstić information content (AvgIpc) is 3.31. The molecule has 1 aromatic rings. The fourth-order valence-electron chi connectivity index (χ4n) is 4.11. The molecule has 0 aliphatic carbocycles. The molecule has 124 valence electrons. The summed E-state index contributed by atoms with van der Waals surface area (Å²) in [5, 5.41) is 0. The maximum absolute atomic E-state index is 12.7. The Morgan fingerprint density at radius 3 is 2.91 bits per heavy atom. The molecule has 0 radical (unpaired) electrons. The Kier molecular flexibility index (Phi) is 3.80. The van der Waals surface area contributed by atoms with E-state index in [0.717, 1.165) is 38.2 Å². The fraction of sp³-hybridized carbons (Fsp3) is 0.688. The Morgan fingerprint density at radius 1 is 1.26 bits per heavy atom. The highest BCUT2D eigenvalue weighted by Crippen LogP contribution is 2.36. The molecule has 1 amide bonds. The number of rotatable bonds is 3.